The Balaban J connectivity index is 2.01. The van der Waals surface area contributed by atoms with Crippen molar-refractivity contribution in [1.82, 2.24) is 0 Å². The van der Waals surface area contributed by atoms with Crippen LogP contribution in [0.5, 0.6) is 0 Å². The van der Waals surface area contributed by atoms with Crippen LogP contribution in [0, 0.1) is 6.92 Å². The molecule has 0 aliphatic carbocycles. The molecule has 2 N–H and O–H groups in total. The summed E-state index contributed by atoms with van der Waals surface area (Å²) in [5.74, 6) is 0. The lowest BCUT2D eigenvalue weighted by molar-refractivity contribution is 0.651. The first kappa shape index (κ1) is 14.4. The zero-order valence-corrected chi connectivity index (χ0v) is 12.4. The smallest absolute Gasteiger partial charge is 0.0595 e. The molecule has 1 nitrogen and oxygen atoms in total. The van der Waals surface area contributed by atoms with E-state index in [9.17, 15) is 0 Å². The average molecular weight is 294 g/mol. The number of halogens is 2. The lowest BCUT2D eigenvalue weighted by Crippen LogP contribution is -2.11. The van der Waals surface area contributed by atoms with Gasteiger partial charge in [0.1, 0.15) is 0 Å². The summed E-state index contributed by atoms with van der Waals surface area (Å²) in [7, 11) is 0. The maximum Gasteiger partial charge on any atom is 0.0595 e. The molecule has 0 saturated heterocycles. The number of hydrogen-bond acceptors (Lipinski definition) is 1. The van der Waals surface area contributed by atoms with Gasteiger partial charge in [0.25, 0.3) is 0 Å². The van der Waals surface area contributed by atoms with Crippen LogP contribution in [-0.4, -0.2) is 0 Å². The number of hydrogen-bond donors (Lipinski definition) is 1. The van der Waals surface area contributed by atoms with Gasteiger partial charge in [-0.05, 0) is 43.0 Å². The predicted octanol–water partition coefficient (Wildman–Crippen LogP) is 4.93. The van der Waals surface area contributed by atoms with Gasteiger partial charge in [-0.15, -0.1) is 0 Å². The second-order valence-electron chi connectivity index (χ2n) is 4.81. The summed E-state index contributed by atoms with van der Waals surface area (Å²) in [6.45, 7) is 2.10. The van der Waals surface area contributed by atoms with Gasteiger partial charge in [-0.3, -0.25) is 0 Å². The van der Waals surface area contributed by atoms with Crippen LogP contribution in [0.4, 0.5) is 0 Å². The van der Waals surface area contributed by atoms with Crippen molar-refractivity contribution in [3.8, 4) is 0 Å². The summed E-state index contributed by atoms with van der Waals surface area (Å²) < 4.78 is 0. The molecule has 0 aliphatic rings. The molecule has 3 heteroatoms. The molecule has 0 bridgehead atoms. The molecule has 1 atom stereocenters. The van der Waals surface area contributed by atoms with Crippen LogP contribution in [0.25, 0.3) is 0 Å². The monoisotopic (exact) mass is 293 g/mol. The molecule has 0 fully saturated rings. The molecule has 19 heavy (non-hydrogen) atoms. The van der Waals surface area contributed by atoms with Crippen LogP contribution in [0.2, 0.25) is 10.0 Å². The fraction of sp³-hybridized carbons (Fsp3) is 0.250. The largest absolute Gasteiger partial charge is 0.324 e. The maximum atomic E-state index is 6.20. The van der Waals surface area contributed by atoms with Gasteiger partial charge in [0.2, 0.25) is 0 Å². The lowest BCUT2D eigenvalue weighted by atomic mass is 9.99. The van der Waals surface area contributed by atoms with E-state index in [2.05, 4.69) is 31.2 Å². The minimum atomic E-state index is -0.0183. The molecule has 0 spiro atoms. The van der Waals surface area contributed by atoms with Crippen LogP contribution in [0.15, 0.2) is 42.5 Å². The van der Waals surface area contributed by atoms with Crippen molar-refractivity contribution in [3.05, 3.63) is 69.2 Å². The van der Waals surface area contributed by atoms with Crippen molar-refractivity contribution in [2.45, 2.75) is 25.8 Å². The van der Waals surface area contributed by atoms with Gasteiger partial charge in [-0.1, -0.05) is 59.1 Å². The highest BCUT2D eigenvalue weighted by Crippen LogP contribution is 2.26. The molecule has 2 aromatic carbocycles. The second-order valence-corrected chi connectivity index (χ2v) is 5.62. The highest BCUT2D eigenvalue weighted by atomic mass is 35.5. The molecular formula is C16H17Cl2N. The van der Waals surface area contributed by atoms with E-state index in [1.165, 1.54) is 11.1 Å². The summed E-state index contributed by atoms with van der Waals surface area (Å²) in [5.41, 5.74) is 9.82. The third kappa shape index (κ3) is 3.97. The van der Waals surface area contributed by atoms with E-state index in [1.54, 1.807) is 6.07 Å². The quantitative estimate of drug-likeness (QED) is 0.849. The molecule has 0 heterocycles. The number of nitrogens with two attached hydrogens (primary N) is 1. The third-order valence-electron chi connectivity index (χ3n) is 3.20. The van der Waals surface area contributed by atoms with Crippen molar-refractivity contribution < 1.29 is 0 Å². The Bertz CT molecular complexity index is 566. The fourth-order valence-corrected chi connectivity index (χ4v) is 2.41. The number of rotatable bonds is 4. The molecule has 0 saturated carbocycles. The Labute approximate surface area is 124 Å². The highest BCUT2D eigenvalue weighted by Gasteiger charge is 2.08. The first-order valence-electron chi connectivity index (χ1n) is 6.32. The van der Waals surface area contributed by atoms with E-state index in [1.807, 2.05) is 12.1 Å². The predicted molar refractivity (Wildman–Crippen MR) is 82.9 cm³/mol. The van der Waals surface area contributed by atoms with Gasteiger partial charge >= 0.3 is 0 Å². The van der Waals surface area contributed by atoms with Gasteiger partial charge < -0.3 is 5.73 Å². The van der Waals surface area contributed by atoms with Crippen molar-refractivity contribution >= 4 is 23.2 Å². The molecule has 0 aromatic heterocycles. The van der Waals surface area contributed by atoms with Crippen LogP contribution < -0.4 is 5.73 Å². The Hall–Kier alpha value is -1.02. The maximum absolute atomic E-state index is 6.20. The summed E-state index contributed by atoms with van der Waals surface area (Å²) in [6.07, 6.45) is 1.85. The molecule has 100 valence electrons. The summed E-state index contributed by atoms with van der Waals surface area (Å²) >= 11 is 11.9. The normalized spacial score (nSPS) is 12.4. The Morgan fingerprint density at radius 3 is 2.53 bits per heavy atom. The van der Waals surface area contributed by atoms with Crippen molar-refractivity contribution in [2.24, 2.45) is 5.73 Å². The summed E-state index contributed by atoms with van der Waals surface area (Å²) in [5, 5.41) is 1.13. The van der Waals surface area contributed by atoms with Crippen molar-refractivity contribution in [1.29, 1.82) is 0 Å². The average Bonchev–Trinajstić information content (AvgIpc) is 2.39. The summed E-state index contributed by atoms with van der Waals surface area (Å²) in [6, 6.07) is 14.1. The van der Waals surface area contributed by atoms with Crippen LogP contribution >= 0.6 is 23.2 Å². The molecular weight excluding hydrogens is 277 g/mol. The molecule has 0 amide bonds. The van der Waals surface area contributed by atoms with Crippen LogP contribution in [0.1, 0.15) is 29.2 Å². The van der Waals surface area contributed by atoms with E-state index in [4.69, 9.17) is 28.9 Å². The van der Waals surface area contributed by atoms with E-state index in [-0.39, 0.29) is 6.04 Å². The van der Waals surface area contributed by atoms with Gasteiger partial charge in [0.15, 0.2) is 0 Å². The third-order valence-corrected chi connectivity index (χ3v) is 3.94. The topological polar surface area (TPSA) is 26.0 Å². The van der Waals surface area contributed by atoms with Gasteiger partial charge in [0.05, 0.1) is 10.0 Å². The zero-order chi connectivity index (χ0) is 13.8. The zero-order valence-electron chi connectivity index (χ0n) is 10.9. The number of aryl methyl sites for hydroxylation is 2. The SMILES string of the molecule is Cc1cccc(CCC(N)c2ccc(Cl)c(Cl)c2)c1. The standard InChI is InChI=1S/C16H17Cl2N/c1-11-3-2-4-12(9-11)5-8-16(19)13-6-7-14(17)15(18)10-13/h2-4,6-7,9-10,16H,5,8,19H2,1H3. The fourth-order valence-electron chi connectivity index (χ4n) is 2.10. The van der Waals surface area contributed by atoms with Crippen molar-refractivity contribution in [3.63, 3.8) is 0 Å². The van der Waals surface area contributed by atoms with E-state index in [0.717, 1.165) is 18.4 Å². The Kier molecular flexibility index (Phi) is 4.87. The molecule has 1 unspecified atom stereocenters. The van der Waals surface area contributed by atoms with E-state index >= 15 is 0 Å². The minimum absolute atomic E-state index is 0.0183. The second kappa shape index (κ2) is 6.42. The Morgan fingerprint density at radius 1 is 1.05 bits per heavy atom. The first-order valence-corrected chi connectivity index (χ1v) is 7.08. The van der Waals surface area contributed by atoms with Gasteiger partial charge in [0, 0.05) is 6.04 Å². The summed E-state index contributed by atoms with van der Waals surface area (Å²) in [4.78, 5) is 0. The van der Waals surface area contributed by atoms with Crippen molar-refractivity contribution in [2.75, 3.05) is 0 Å². The highest BCUT2D eigenvalue weighted by molar-refractivity contribution is 6.42. The molecule has 0 radical (unpaired) electrons. The van der Waals surface area contributed by atoms with E-state index in [0.29, 0.717) is 10.0 Å². The Morgan fingerprint density at radius 2 is 1.84 bits per heavy atom. The van der Waals surface area contributed by atoms with E-state index < -0.39 is 0 Å². The van der Waals surface area contributed by atoms with Crippen LogP contribution in [0.3, 0.4) is 0 Å². The first-order chi connectivity index (χ1) is 9.06. The van der Waals surface area contributed by atoms with Crippen LogP contribution in [-0.2, 0) is 6.42 Å². The molecule has 2 aromatic rings. The molecule has 2 rings (SSSR count). The number of benzene rings is 2. The van der Waals surface area contributed by atoms with Gasteiger partial charge in [-0.25, -0.2) is 0 Å². The lowest BCUT2D eigenvalue weighted by Gasteiger charge is -2.13. The molecule has 0 aliphatic heterocycles. The minimum Gasteiger partial charge on any atom is -0.324 e. The van der Waals surface area contributed by atoms with Gasteiger partial charge in [-0.2, -0.15) is 0 Å².